The second-order valence-corrected chi connectivity index (χ2v) is 9.76. The van der Waals surface area contributed by atoms with Crippen LogP contribution >= 0.6 is 11.8 Å². The number of nitrogens with zero attached hydrogens (tertiary/aromatic N) is 3. The zero-order valence-corrected chi connectivity index (χ0v) is 14.9. The van der Waals surface area contributed by atoms with Crippen molar-refractivity contribution in [1.82, 2.24) is 20.1 Å². The highest BCUT2D eigenvalue weighted by Crippen LogP contribution is 2.29. The van der Waals surface area contributed by atoms with Gasteiger partial charge in [-0.3, -0.25) is 4.79 Å². The molecule has 7 nitrogen and oxygen atoms in total. The van der Waals surface area contributed by atoms with Crippen molar-refractivity contribution >= 4 is 27.5 Å². The molecule has 0 bridgehead atoms. The Hall–Kier alpha value is -1.09. The van der Waals surface area contributed by atoms with E-state index in [1.54, 1.807) is 4.57 Å². The highest BCUT2D eigenvalue weighted by atomic mass is 32.2. The largest absolute Gasteiger partial charge is 0.351 e. The molecule has 1 aromatic rings. The van der Waals surface area contributed by atoms with Gasteiger partial charge in [-0.1, -0.05) is 11.8 Å². The molecule has 1 N–H and O–H groups in total. The van der Waals surface area contributed by atoms with E-state index in [2.05, 4.69) is 15.5 Å². The Bertz CT molecular complexity index is 661. The first kappa shape index (κ1) is 17.3. The summed E-state index contributed by atoms with van der Waals surface area (Å²) in [5.41, 5.74) is -0.263. The fourth-order valence-electron chi connectivity index (χ4n) is 2.39. The van der Waals surface area contributed by atoms with Crippen molar-refractivity contribution in [3.8, 4) is 0 Å². The topological polar surface area (TPSA) is 93.9 Å². The van der Waals surface area contributed by atoms with Crippen LogP contribution in [0.4, 0.5) is 0 Å². The summed E-state index contributed by atoms with van der Waals surface area (Å²) in [4.78, 5) is 11.8. The van der Waals surface area contributed by atoms with Crippen LogP contribution in [-0.4, -0.2) is 51.9 Å². The van der Waals surface area contributed by atoms with Gasteiger partial charge in [0.25, 0.3) is 0 Å². The van der Waals surface area contributed by atoms with E-state index >= 15 is 0 Å². The van der Waals surface area contributed by atoms with E-state index in [9.17, 15) is 13.2 Å². The third-order valence-electron chi connectivity index (χ3n) is 3.31. The molecule has 0 saturated carbocycles. The van der Waals surface area contributed by atoms with Gasteiger partial charge in [-0.05, 0) is 27.2 Å². The van der Waals surface area contributed by atoms with Gasteiger partial charge >= 0.3 is 0 Å². The van der Waals surface area contributed by atoms with E-state index in [0.717, 1.165) is 0 Å². The molecular formula is C13H22N4O3S2. The predicted molar refractivity (Wildman–Crippen MR) is 85.6 cm³/mol. The molecule has 0 aliphatic carbocycles. The second-order valence-electron chi connectivity index (χ2n) is 6.59. The summed E-state index contributed by atoms with van der Waals surface area (Å²) in [5.74, 6) is 1.12. The van der Waals surface area contributed by atoms with Gasteiger partial charge < -0.3 is 9.88 Å². The molecule has 2 heterocycles. The highest BCUT2D eigenvalue weighted by molar-refractivity contribution is 7.99. The fourth-order valence-corrected chi connectivity index (χ4v) is 4.85. The van der Waals surface area contributed by atoms with Crippen LogP contribution in [0, 0.1) is 0 Å². The quantitative estimate of drug-likeness (QED) is 0.808. The first-order chi connectivity index (χ1) is 10.1. The molecule has 9 heteroatoms. The molecule has 2 rings (SSSR count). The molecule has 1 aliphatic rings. The Balaban J connectivity index is 1.98. The second kappa shape index (κ2) is 6.19. The molecular weight excluding hydrogens is 324 g/mol. The number of sulfone groups is 1. The molecule has 0 unspecified atom stereocenters. The zero-order chi connectivity index (χ0) is 16.5. The van der Waals surface area contributed by atoms with Crippen LogP contribution in [-0.2, 0) is 21.7 Å². The minimum atomic E-state index is -2.95. The lowest BCUT2D eigenvalue weighted by atomic mass is 10.1. The third kappa shape index (κ3) is 4.45. The van der Waals surface area contributed by atoms with Gasteiger partial charge in [0, 0.05) is 18.5 Å². The lowest BCUT2D eigenvalue weighted by molar-refractivity contribution is -0.119. The van der Waals surface area contributed by atoms with Gasteiger partial charge in [-0.15, -0.1) is 10.2 Å². The standard InChI is InChI=1S/C13H22N4O3S2/c1-13(2,3)14-10(18)7-21-12-16-15-11(17(12)4)9-5-6-22(19,20)8-9/h9H,5-8H2,1-4H3,(H,14,18)/t9-/m0/s1. The number of rotatable bonds is 4. The van der Waals surface area contributed by atoms with E-state index in [1.807, 2.05) is 27.8 Å². The molecule has 124 valence electrons. The molecule has 0 radical (unpaired) electrons. The fraction of sp³-hybridized carbons (Fsp3) is 0.769. The van der Waals surface area contributed by atoms with Crippen LogP contribution in [0.1, 0.15) is 38.9 Å². The lowest BCUT2D eigenvalue weighted by Gasteiger charge is -2.20. The molecule has 1 amide bonds. The predicted octanol–water partition coefficient (Wildman–Crippen LogP) is 0.724. The molecule has 0 aromatic carbocycles. The number of carbonyl (C=O) groups excluding carboxylic acids is 1. The number of amides is 1. The summed E-state index contributed by atoms with van der Waals surface area (Å²) in [6.45, 7) is 5.78. The van der Waals surface area contributed by atoms with Crippen molar-refractivity contribution < 1.29 is 13.2 Å². The van der Waals surface area contributed by atoms with E-state index in [0.29, 0.717) is 17.4 Å². The molecule has 1 fully saturated rings. The maximum Gasteiger partial charge on any atom is 0.230 e. The van der Waals surface area contributed by atoms with Crippen molar-refractivity contribution in [1.29, 1.82) is 0 Å². The molecule has 1 atom stereocenters. The van der Waals surface area contributed by atoms with Crippen molar-refractivity contribution in [2.24, 2.45) is 7.05 Å². The maximum absolute atomic E-state index is 11.8. The number of aromatic nitrogens is 3. The summed E-state index contributed by atoms with van der Waals surface area (Å²) < 4.78 is 24.9. The van der Waals surface area contributed by atoms with Gasteiger partial charge in [0.15, 0.2) is 15.0 Å². The Morgan fingerprint density at radius 1 is 1.41 bits per heavy atom. The number of nitrogens with one attached hydrogen (secondary N) is 1. The van der Waals surface area contributed by atoms with Crippen LogP contribution < -0.4 is 5.32 Å². The van der Waals surface area contributed by atoms with Gasteiger partial charge in [0.1, 0.15) is 5.82 Å². The smallest absolute Gasteiger partial charge is 0.230 e. The first-order valence-electron chi connectivity index (χ1n) is 7.11. The van der Waals surface area contributed by atoms with Crippen LogP contribution in [0.25, 0.3) is 0 Å². The van der Waals surface area contributed by atoms with Crippen LogP contribution in [0.5, 0.6) is 0 Å². The minimum absolute atomic E-state index is 0.0644. The van der Waals surface area contributed by atoms with E-state index in [4.69, 9.17) is 0 Å². The third-order valence-corrected chi connectivity index (χ3v) is 6.10. The Morgan fingerprint density at radius 2 is 2.09 bits per heavy atom. The van der Waals surface area contributed by atoms with Crippen LogP contribution in [0.3, 0.4) is 0 Å². The summed E-state index contributed by atoms with van der Waals surface area (Å²) in [6.07, 6.45) is 0.587. The monoisotopic (exact) mass is 346 g/mol. The number of hydrogen-bond donors (Lipinski definition) is 1. The first-order valence-corrected chi connectivity index (χ1v) is 9.91. The Labute approximate surface area is 135 Å². The van der Waals surface area contributed by atoms with Gasteiger partial charge in [0.2, 0.25) is 5.91 Å². The molecule has 1 aromatic heterocycles. The number of hydrogen-bond acceptors (Lipinski definition) is 6. The average Bonchev–Trinajstić information content (AvgIpc) is 2.88. The van der Waals surface area contributed by atoms with Crippen molar-refractivity contribution in [3.63, 3.8) is 0 Å². The summed E-state index contributed by atoms with van der Waals surface area (Å²) >= 11 is 1.30. The minimum Gasteiger partial charge on any atom is -0.351 e. The Kier molecular flexibility index (Phi) is 4.86. The zero-order valence-electron chi connectivity index (χ0n) is 13.3. The van der Waals surface area contributed by atoms with Crippen molar-refractivity contribution in [2.45, 2.75) is 43.8 Å². The Morgan fingerprint density at radius 3 is 2.64 bits per heavy atom. The van der Waals surface area contributed by atoms with Crippen molar-refractivity contribution in [2.75, 3.05) is 17.3 Å². The number of thioether (sulfide) groups is 1. The maximum atomic E-state index is 11.8. The average molecular weight is 346 g/mol. The number of carbonyl (C=O) groups is 1. The lowest BCUT2D eigenvalue weighted by Crippen LogP contribution is -2.41. The molecule has 1 aliphatic heterocycles. The summed E-state index contributed by atoms with van der Waals surface area (Å²) in [6, 6.07) is 0. The highest BCUT2D eigenvalue weighted by Gasteiger charge is 2.32. The van der Waals surface area contributed by atoms with Crippen LogP contribution in [0.2, 0.25) is 0 Å². The van der Waals surface area contributed by atoms with E-state index in [-0.39, 0.29) is 34.6 Å². The molecule has 22 heavy (non-hydrogen) atoms. The summed E-state index contributed by atoms with van der Waals surface area (Å²) in [7, 11) is -1.14. The van der Waals surface area contributed by atoms with Gasteiger partial charge in [0.05, 0.1) is 17.3 Å². The summed E-state index contributed by atoms with van der Waals surface area (Å²) in [5, 5.41) is 11.7. The van der Waals surface area contributed by atoms with E-state index in [1.165, 1.54) is 11.8 Å². The van der Waals surface area contributed by atoms with E-state index < -0.39 is 9.84 Å². The molecule has 1 saturated heterocycles. The van der Waals surface area contributed by atoms with Crippen LogP contribution in [0.15, 0.2) is 5.16 Å². The van der Waals surface area contributed by atoms with Crippen molar-refractivity contribution in [3.05, 3.63) is 5.82 Å². The normalized spacial score (nSPS) is 21.0. The van der Waals surface area contributed by atoms with Gasteiger partial charge in [-0.25, -0.2) is 8.42 Å². The van der Waals surface area contributed by atoms with Gasteiger partial charge in [-0.2, -0.15) is 0 Å². The molecule has 0 spiro atoms. The SMILES string of the molecule is Cn1c(SCC(=O)NC(C)(C)C)nnc1[C@H]1CCS(=O)(=O)C1.